The lowest BCUT2D eigenvalue weighted by molar-refractivity contribution is -0.385. The fraction of sp³-hybridized carbons (Fsp3) is 0.158. The summed E-state index contributed by atoms with van der Waals surface area (Å²) < 4.78 is 0. The molecule has 2 aromatic carbocycles. The summed E-state index contributed by atoms with van der Waals surface area (Å²) in [7, 11) is 0. The van der Waals surface area contributed by atoms with Gasteiger partial charge >= 0.3 is 11.1 Å². The van der Waals surface area contributed by atoms with Crippen LogP contribution in [0.4, 0.5) is 10.5 Å². The minimum atomic E-state index is -0.889. The summed E-state index contributed by atoms with van der Waals surface area (Å²) in [5, 5.41) is 10.8. The zero-order valence-electron chi connectivity index (χ0n) is 16.0. The van der Waals surface area contributed by atoms with Gasteiger partial charge < -0.3 is 20.6 Å². The lowest BCUT2D eigenvalue weighted by atomic mass is 9.96. The number of nitrogens with one attached hydrogen (secondary N) is 2. The first-order chi connectivity index (χ1) is 14.7. The van der Waals surface area contributed by atoms with Crippen molar-refractivity contribution in [2.45, 2.75) is 13.0 Å². The number of nitrogens with zero attached hydrogens (tertiary/aromatic N) is 2. The lowest BCUT2D eigenvalue weighted by Gasteiger charge is -2.27. The number of nitro groups is 1. The number of nitro benzene ring substituents is 1. The molecule has 1 aliphatic heterocycles. The molecule has 31 heavy (non-hydrogen) atoms. The van der Waals surface area contributed by atoms with Gasteiger partial charge in [-0.15, -0.1) is 0 Å². The Bertz CT molecular complexity index is 1300. The van der Waals surface area contributed by atoms with Crippen LogP contribution in [-0.4, -0.2) is 37.5 Å². The van der Waals surface area contributed by atoms with Crippen LogP contribution in [0, 0.1) is 10.1 Å². The van der Waals surface area contributed by atoms with Gasteiger partial charge in [-0.3, -0.25) is 29.3 Å². The topological polar surface area (TPSA) is 172 Å². The van der Waals surface area contributed by atoms with Gasteiger partial charge in [-0.1, -0.05) is 30.8 Å². The van der Waals surface area contributed by atoms with Crippen molar-refractivity contribution in [1.29, 1.82) is 0 Å². The van der Waals surface area contributed by atoms with Crippen LogP contribution in [0.2, 0.25) is 0 Å². The van der Waals surface area contributed by atoms with E-state index < -0.39 is 21.3 Å². The summed E-state index contributed by atoms with van der Waals surface area (Å²) in [6, 6.07) is 9.99. The van der Waals surface area contributed by atoms with E-state index in [4.69, 9.17) is 5.73 Å². The molecule has 1 aromatic heterocycles. The van der Waals surface area contributed by atoms with Gasteiger partial charge in [0, 0.05) is 35.8 Å². The Kier molecular flexibility index (Phi) is 6.20. The Hall–Kier alpha value is -3.93. The largest absolute Gasteiger partial charge is 0.366 e. The van der Waals surface area contributed by atoms with Crippen LogP contribution in [-0.2, 0) is 13.0 Å². The smallest absolute Gasteiger partial charge is 0.314 e. The molecular formula is C19H17N5O6S. The fourth-order valence-corrected chi connectivity index (χ4v) is 3.42. The van der Waals surface area contributed by atoms with E-state index in [1.54, 1.807) is 24.3 Å². The molecule has 0 saturated carbocycles. The Labute approximate surface area is 179 Å². The van der Waals surface area contributed by atoms with Gasteiger partial charge in [-0.05, 0) is 18.6 Å². The molecule has 12 heteroatoms. The second kappa shape index (κ2) is 8.83. The molecule has 0 saturated heterocycles. The molecule has 0 bridgehead atoms. The van der Waals surface area contributed by atoms with Crippen molar-refractivity contribution >= 4 is 40.5 Å². The zero-order chi connectivity index (χ0) is 22.7. The monoisotopic (exact) mass is 443 g/mol. The molecule has 0 aliphatic carbocycles. The molecule has 2 amide bonds. The minimum absolute atomic E-state index is 0.0812. The van der Waals surface area contributed by atoms with E-state index in [2.05, 4.69) is 22.6 Å². The van der Waals surface area contributed by atoms with Crippen molar-refractivity contribution < 1.29 is 14.5 Å². The van der Waals surface area contributed by atoms with Gasteiger partial charge in [0.25, 0.3) is 10.9 Å². The first-order valence-corrected chi connectivity index (χ1v) is 9.42. The highest BCUT2D eigenvalue weighted by atomic mass is 32.1. The van der Waals surface area contributed by atoms with Gasteiger partial charge in [0.15, 0.2) is 0 Å². The molecule has 0 unspecified atom stereocenters. The summed E-state index contributed by atoms with van der Waals surface area (Å²) in [5.41, 5.74) is 5.00. The van der Waals surface area contributed by atoms with E-state index in [9.17, 15) is 29.3 Å². The van der Waals surface area contributed by atoms with Crippen molar-refractivity contribution in [2.75, 3.05) is 6.54 Å². The van der Waals surface area contributed by atoms with Crippen molar-refractivity contribution in [3.63, 3.8) is 0 Å². The van der Waals surface area contributed by atoms with Crippen molar-refractivity contribution in [3.05, 3.63) is 83.9 Å². The SMILES string of the molecule is NC(=O)c1ccccc1.O=C(S)N1CCc2c([N+](=O)[O-])cc3[nH]c(=O)c(=O)[nH]c3c2C1. The maximum Gasteiger partial charge on any atom is 0.314 e. The first-order valence-electron chi connectivity index (χ1n) is 8.97. The number of amides is 2. The molecule has 1 aliphatic rings. The number of thiol groups is 1. The number of aromatic nitrogens is 2. The molecule has 0 radical (unpaired) electrons. The van der Waals surface area contributed by atoms with Gasteiger partial charge in [-0.2, -0.15) is 0 Å². The Morgan fingerprint density at radius 1 is 1.10 bits per heavy atom. The number of fused-ring (bicyclic) bond motifs is 3. The second-order valence-corrected chi connectivity index (χ2v) is 7.01. The van der Waals surface area contributed by atoms with Gasteiger partial charge in [0.2, 0.25) is 5.91 Å². The maximum absolute atomic E-state index is 11.5. The summed E-state index contributed by atoms with van der Waals surface area (Å²) in [6.07, 6.45) is 0.273. The molecule has 4 rings (SSSR count). The van der Waals surface area contributed by atoms with Crippen LogP contribution in [0.5, 0.6) is 0 Å². The van der Waals surface area contributed by atoms with Crippen LogP contribution in [0.3, 0.4) is 0 Å². The van der Waals surface area contributed by atoms with Crippen molar-refractivity contribution in [1.82, 2.24) is 14.9 Å². The van der Waals surface area contributed by atoms with E-state index in [-0.39, 0.29) is 30.1 Å². The lowest BCUT2D eigenvalue weighted by Crippen LogP contribution is -2.34. The first kappa shape index (κ1) is 21.8. The van der Waals surface area contributed by atoms with Crippen LogP contribution in [0.1, 0.15) is 21.5 Å². The highest BCUT2D eigenvalue weighted by Gasteiger charge is 2.28. The van der Waals surface area contributed by atoms with E-state index in [1.807, 2.05) is 6.07 Å². The number of carbonyl (C=O) groups is 2. The molecule has 160 valence electrons. The van der Waals surface area contributed by atoms with Gasteiger partial charge in [-0.25, -0.2) is 0 Å². The summed E-state index contributed by atoms with van der Waals surface area (Å²) in [6.45, 7) is 0.382. The fourth-order valence-electron chi connectivity index (χ4n) is 3.25. The summed E-state index contributed by atoms with van der Waals surface area (Å²) in [4.78, 5) is 61.6. The number of rotatable bonds is 2. The van der Waals surface area contributed by atoms with E-state index >= 15 is 0 Å². The zero-order valence-corrected chi connectivity index (χ0v) is 16.8. The molecule has 11 nitrogen and oxygen atoms in total. The van der Waals surface area contributed by atoms with Crippen LogP contribution in [0.25, 0.3) is 11.0 Å². The number of primary amides is 1. The van der Waals surface area contributed by atoms with Crippen molar-refractivity contribution in [2.24, 2.45) is 5.73 Å². The number of nitrogens with two attached hydrogens (primary N) is 1. The quantitative estimate of drug-likeness (QED) is 0.201. The van der Waals surface area contributed by atoms with E-state index in [0.717, 1.165) is 0 Å². The third kappa shape index (κ3) is 4.64. The van der Waals surface area contributed by atoms with E-state index in [1.165, 1.54) is 11.0 Å². The van der Waals surface area contributed by atoms with Gasteiger partial charge in [0.05, 0.1) is 16.0 Å². The summed E-state index contributed by atoms with van der Waals surface area (Å²) >= 11 is 3.75. The molecule has 0 spiro atoms. The molecule has 2 heterocycles. The number of benzene rings is 2. The number of hydrogen-bond acceptors (Lipinski definition) is 6. The standard InChI is InChI=1S/C12H10N4O5S.C7H7NO/c17-10-11(18)14-9-6-4-15(12(19)22)2-1-5(6)8(16(20)21)3-7(9)13-10;8-7(9)6-4-2-1-3-5-6/h3H,1-2,4H2,(H,13,17)(H,14,18)(H,19,22);1-5H,(H2,8,9). The predicted octanol–water partition coefficient (Wildman–Crippen LogP) is 1.32. The number of hydrogen-bond donors (Lipinski definition) is 4. The molecular weight excluding hydrogens is 426 g/mol. The predicted molar refractivity (Wildman–Crippen MR) is 115 cm³/mol. The highest BCUT2D eigenvalue weighted by molar-refractivity contribution is 7.96. The Balaban J connectivity index is 0.000000254. The number of aromatic amines is 2. The minimum Gasteiger partial charge on any atom is -0.366 e. The van der Waals surface area contributed by atoms with Crippen LogP contribution in [0.15, 0.2) is 46.0 Å². The van der Waals surface area contributed by atoms with E-state index in [0.29, 0.717) is 28.8 Å². The second-order valence-electron chi connectivity index (χ2n) is 6.63. The molecule has 4 N–H and O–H groups in total. The van der Waals surface area contributed by atoms with Crippen LogP contribution < -0.4 is 16.9 Å². The molecule has 0 fully saturated rings. The average Bonchev–Trinajstić information content (AvgIpc) is 2.74. The summed E-state index contributed by atoms with van der Waals surface area (Å²) in [5.74, 6) is -0.379. The molecule has 0 atom stereocenters. The number of H-pyrrole nitrogens is 2. The normalized spacial score (nSPS) is 12.5. The van der Waals surface area contributed by atoms with Crippen molar-refractivity contribution in [3.8, 4) is 0 Å². The Morgan fingerprint density at radius 2 is 1.74 bits per heavy atom. The molecule has 3 aromatic rings. The van der Waals surface area contributed by atoms with Crippen LogP contribution >= 0.6 is 12.6 Å². The number of carbonyl (C=O) groups excluding carboxylic acids is 2. The Morgan fingerprint density at radius 3 is 2.29 bits per heavy atom. The average molecular weight is 443 g/mol. The highest BCUT2D eigenvalue weighted by Crippen LogP contribution is 2.32. The third-order valence-corrected chi connectivity index (χ3v) is 5.01. The maximum atomic E-state index is 11.5. The van der Waals surface area contributed by atoms with Gasteiger partial charge in [0.1, 0.15) is 0 Å². The third-order valence-electron chi connectivity index (χ3n) is 4.72.